The molecule has 1 aromatic rings. The van der Waals surface area contributed by atoms with Gasteiger partial charge in [0.15, 0.2) is 0 Å². The standard InChI is InChI=1S/C16H23N3O4/c1-4-23-16(20)11-18-12(2)9-17(10-13(18)3)14-6-5-7-15(8-14)19(21)22/h5-8,12-13H,4,9-11H2,1-3H3. The summed E-state index contributed by atoms with van der Waals surface area (Å²) in [7, 11) is 0. The van der Waals surface area contributed by atoms with Gasteiger partial charge in [0.05, 0.1) is 18.1 Å². The quantitative estimate of drug-likeness (QED) is 0.469. The van der Waals surface area contributed by atoms with E-state index in [0.717, 1.165) is 5.69 Å². The first-order chi connectivity index (χ1) is 10.9. The molecule has 1 saturated heterocycles. The maximum absolute atomic E-state index is 11.7. The minimum Gasteiger partial charge on any atom is -0.465 e. The van der Waals surface area contributed by atoms with Crippen molar-refractivity contribution >= 4 is 17.3 Å². The smallest absolute Gasteiger partial charge is 0.320 e. The van der Waals surface area contributed by atoms with Crippen LogP contribution in [0.15, 0.2) is 24.3 Å². The molecule has 0 aromatic heterocycles. The van der Waals surface area contributed by atoms with Crippen LogP contribution in [-0.2, 0) is 9.53 Å². The van der Waals surface area contributed by atoms with Gasteiger partial charge in [-0.05, 0) is 26.8 Å². The van der Waals surface area contributed by atoms with Crippen LogP contribution in [0, 0.1) is 10.1 Å². The molecule has 2 rings (SSSR count). The van der Waals surface area contributed by atoms with E-state index in [1.54, 1.807) is 19.1 Å². The van der Waals surface area contributed by atoms with Crippen LogP contribution < -0.4 is 4.90 Å². The first kappa shape index (κ1) is 17.2. The highest BCUT2D eigenvalue weighted by atomic mass is 16.6. The lowest BCUT2D eigenvalue weighted by molar-refractivity contribution is -0.384. The van der Waals surface area contributed by atoms with Crippen molar-refractivity contribution in [3.63, 3.8) is 0 Å². The van der Waals surface area contributed by atoms with E-state index in [4.69, 9.17) is 4.74 Å². The molecule has 0 N–H and O–H groups in total. The van der Waals surface area contributed by atoms with Gasteiger partial charge in [0.2, 0.25) is 0 Å². The molecule has 0 aliphatic carbocycles. The van der Waals surface area contributed by atoms with E-state index >= 15 is 0 Å². The van der Waals surface area contributed by atoms with E-state index in [9.17, 15) is 14.9 Å². The van der Waals surface area contributed by atoms with E-state index in [1.807, 2.05) is 6.07 Å². The fraction of sp³-hybridized carbons (Fsp3) is 0.562. The third-order valence-electron chi connectivity index (χ3n) is 4.12. The van der Waals surface area contributed by atoms with Gasteiger partial charge in [0, 0.05) is 43.0 Å². The van der Waals surface area contributed by atoms with Crippen LogP contribution in [0.5, 0.6) is 0 Å². The summed E-state index contributed by atoms with van der Waals surface area (Å²) >= 11 is 0. The predicted molar refractivity (Wildman–Crippen MR) is 87.6 cm³/mol. The molecule has 0 saturated carbocycles. The number of nitro groups is 1. The molecule has 0 bridgehead atoms. The highest BCUT2D eigenvalue weighted by Crippen LogP contribution is 2.25. The predicted octanol–water partition coefficient (Wildman–Crippen LogP) is 2.06. The summed E-state index contributed by atoms with van der Waals surface area (Å²) in [6.07, 6.45) is 0. The highest BCUT2D eigenvalue weighted by molar-refractivity contribution is 5.71. The molecule has 1 fully saturated rings. The summed E-state index contributed by atoms with van der Waals surface area (Å²) in [5.41, 5.74) is 0.936. The zero-order valence-corrected chi connectivity index (χ0v) is 13.8. The average Bonchev–Trinajstić information content (AvgIpc) is 2.51. The maximum atomic E-state index is 11.7. The van der Waals surface area contributed by atoms with Gasteiger partial charge in [-0.15, -0.1) is 0 Å². The summed E-state index contributed by atoms with van der Waals surface area (Å²) in [5.74, 6) is -0.213. The molecule has 2 unspecified atom stereocenters. The molecule has 7 nitrogen and oxygen atoms in total. The number of benzene rings is 1. The second-order valence-electron chi connectivity index (χ2n) is 5.86. The Kier molecular flexibility index (Phi) is 5.54. The second-order valence-corrected chi connectivity index (χ2v) is 5.86. The molecule has 1 aliphatic heterocycles. The van der Waals surface area contributed by atoms with Crippen molar-refractivity contribution in [1.29, 1.82) is 0 Å². The van der Waals surface area contributed by atoms with Gasteiger partial charge in [-0.3, -0.25) is 19.8 Å². The van der Waals surface area contributed by atoms with E-state index < -0.39 is 0 Å². The number of ether oxygens (including phenoxy) is 1. The number of hydrogen-bond donors (Lipinski definition) is 0. The zero-order valence-electron chi connectivity index (χ0n) is 13.8. The van der Waals surface area contributed by atoms with Crippen LogP contribution >= 0.6 is 0 Å². The summed E-state index contributed by atoms with van der Waals surface area (Å²) < 4.78 is 5.03. The van der Waals surface area contributed by atoms with E-state index in [0.29, 0.717) is 19.7 Å². The average molecular weight is 321 g/mol. The lowest BCUT2D eigenvalue weighted by Gasteiger charge is -2.44. The third-order valence-corrected chi connectivity index (χ3v) is 4.12. The maximum Gasteiger partial charge on any atom is 0.320 e. The van der Waals surface area contributed by atoms with Gasteiger partial charge < -0.3 is 9.64 Å². The molecule has 1 aromatic carbocycles. The first-order valence-corrected chi connectivity index (χ1v) is 7.83. The largest absolute Gasteiger partial charge is 0.465 e. The Morgan fingerprint density at radius 3 is 2.57 bits per heavy atom. The van der Waals surface area contributed by atoms with Crippen LogP contribution in [0.1, 0.15) is 20.8 Å². The first-order valence-electron chi connectivity index (χ1n) is 7.83. The molecule has 7 heteroatoms. The van der Waals surface area contributed by atoms with Crippen LogP contribution in [0.4, 0.5) is 11.4 Å². The molecule has 1 aliphatic rings. The fourth-order valence-electron chi connectivity index (χ4n) is 3.04. The number of carbonyl (C=O) groups excluding carboxylic acids is 1. The monoisotopic (exact) mass is 321 g/mol. The van der Waals surface area contributed by atoms with Crippen molar-refractivity contribution in [1.82, 2.24) is 4.90 Å². The van der Waals surface area contributed by atoms with Crippen molar-refractivity contribution < 1.29 is 14.5 Å². The summed E-state index contributed by atoms with van der Waals surface area (Å²) in [6.45, 7) is 7.99. The minimum absolute atomic E-state index is 0.0942. The number of rotatable bonds is 5. The van der Waals surface area contributed by atoms with Crippen molar-refractivity contribution in [3.8, 4) is 0 Å². The zero-order chi connectivity index (χ0) is 17.0. The summed E-state index contributed by atoms with van der Waals surface area (Å²) in [5, 5.41) is 10.9. The lowest BCUT2D eigenvalue weighted by atomic mass is 10.1. The van der Waals surface area contributed by atoms with E-state index in [-0.39, 0.29) is 35.2 Å². The number of carbonyl (C=O) groups is 1. The van der Waals surface area contributed by atoms with E-state index in [1.165, 1.54) is 6.07 Å². The number of nitro benzene ring substituents is 1. The topological polar surface area (TPSA) is 75.9 Å². The Morgan fingerprint density at radius 1 is 1.35 bits per heavy atom. The molecule has 2 atom stereocenters. The van der Waals surface area contributed by atoms with Crippen molar-refractivity contribution in [2.75, 3.05) is 31.1 Å². The van der Waals surface area contributed by atoms with Crippen LogP contribution in [0.25, 0.3) is 0 Å². The lowest BCUT2D eigenvalue weighted by Crippen LogP contribution is -2.58. The SMILES string of the molecule is CCOC(=O)CN1C(C)CN(c2cccc([N+](=O)[O-])c2)CC1C. The molecule has 23 heavy (non-hydrogen) atoms. The van der Waals surface area contributed by atoms with Crippen LogP contribution in [0.2, 0.25) is 0 Å². The molecule has 0 spiro atoms. The minimum atomic E-state index is -0.382. The number of hydrogen-bond acceptors (Lipinski definition) is 6. The van der Waals surface area contributed by atoms with Gasteiger partial charge in [0.1, 0.15) is 0 Å². The van der Waals surface area contributed by atoms with Crippen molar-refractivity contribution in [3.05, 3.63) is 34.4 Å². The van der Waals surface area contributed by atoms with Gasteiger partial charge in [-0.2, -0.15) is 0 Å². The number of anilines is 1. The second kappa shape index (κ2) is 7.41. The number of non-ortho nitro benzene ring substituents is 1. The van der Waals surface area contributed by atoms with E-state index in [2.05, 4.69) is 23.6 Å². The Hall–Kier alpha value is -2.15. The van der Waals surface area contributed by atoms with Crippen LogP contribution in [0.3, 0.4) is 0 Å². The normalized spacial score (nSPS) is 22.0. The third kappa shape index (κ3) is 4.19. The van der Waals surface area contributed by atoms with Crippen LogP contribution in [-0.4, -0.2) is 54.1 Å². The van der Waals surface area contributed by atoms with Crippen molar-refractivity contribution in [2.24, 2.45) is 0 Å². The Balaban J connectivity index is 2.08. The number of nitrogens with zero attached hydrogens (tertiary/aromatic N) is 3. The Bertz CT molecular complexity index is 566. The molecular formula is C16H23N3O4. The Labute approximate surface area is 136 Å². The highest BCUT2D eigenvalue weighted by Gasteiger charge is 2.31. The molecular weight excluding hydrogens is 298 g/mol. The van der Waals surface area contributed by atoms with Gasteiger partial charge >= 0.3 is 5.97 Å². The molecule has 0 radical (unpaired) electrons. The summed E-state index contributed by atoms with van der Waals surface area (Å²) in [4.78, 5) is 26.5. The summed E-state index contributed by atoms with van der Waals surface area (Å²) in [6, 6.07) is 6.99. The van der Waals surface area contributed by atoms with Gasteiger partial charge in [-0.25, -0.2) is 0 Å². The Morgan fingerprint density at radius 2 is 2.00 bits per heavy atom. The number of piperazine rings is 1. The fourth-order valence-corrected chi connectivity index (χ4v) is 3.04. The molecule has 126 valence electrons. The molecule has 1 heterocycles. The van der Waals surface area contributed by atoms with Gasteiger partial charge in [-0.1, -0.05) is 6.07 Å². The van der Waals surface area contributed by atoms with Gasteiger partial charge in [0.25, 0.3) is 5.69 Å². The number of esters is 1. The van der Waals surface area contributed by atoms with Crippen molar-refractivity contribution in [2.45, 2.75) is 32.9 Å². The molecule has 0 amide bonds.